The lowest BCUT2D eigenvalue weighted by Gasteiger charge is -2.27. The van der Waals surface area contributed by atoms with Gasteiger partial charge in [0, 0.05) is 24.7 Å². The van der Waals surface area contributed by atoms with E-state index in [9.17, 15) is 13.6 Å². The Morgan fingerprint density at radius 3 is 2.72 bits per heavy atom. The molecule has 0 radical (unpaired) electrons. The highest BCUT2D eigenvalue weighted by Gasteiger charge is 2.46. The van der Waals surface area contributed by atoms with Gasteiger partial charge < -0.3 is 10.6 Å². The van der Waals surface area contributed by atoms with Gasteiger partial charge in [-0.05, 0) is 6.07 Å². The van der Waals surface area contributed by atoms with Crippen LogP contribution in [0.15, 0.2) is 24.3 Å². The van der Waals surface area contributed by atoms with Gasteiger partial charge in [-0.3, -0.25) is 4.79 Å². The van der Waals surface area contributed by atoms with Crippen molar-refractivity contribution in [1.82, 2.24) is 5.32 Å². The van der Waals surface area contributed by atoms with Crippen LogP contribution >= 0.6 is 12.4 Å². The van der Waals surface area contributed by atoms with Crippen LogP contribution in [-0.2, 0) is 10.2 Å². The number of amides is 1. The van der Waals surface area contributed by atoms with Gasteiger partial charge >= 0.3 is 0 Å². The van der Waals surface area contributed by atoms with E-state index in [-0.39, 0.29) is 24.0 Å². The second-order valence-electron chi connectivity index (χ2n) is 4.27. The molecule has 1 spiro atoms. The zero-order chi connectivity index (χ0) is 12.0. The SMILES string of the molecule is Cl.O=C1Nc2c(F)cc(F)cc2[C@]12C=CCNC2. The van der Waals surface area contributed by atoms with Crippen molar-refractivity contribution in [1.29, 1.82) is 0 Å². The lowest BCUT2D eigenvalue weighted by Crippen LogP contribution is -2.45. The minimum Gasteiger partial charge on any atom is -0.322 e. The van der Waals surface area contributed by atoms with Crippen LogP contribution in [0.1, 0.15) is 5.56 Å². The maximum absolute atomic E-state index is 13.6. The van der Waals surface area contributed by atoms with Crippen molar-refractivity contribution in [2.75, 3.05) is 18.4 Å². The first-order chi connectivity index (χ1) is 8.13. The summed E-state index contributed by atoms with van der Waals surface area (Å²) in [4.78, 5) is 12.0. The van der Waals surface area contributed by atoms with Gasteiger partial charge in [-0.25, -0.2) is 8.78 Å². The molecule has 1 atom stereocenters. The summed E-state index contributed by atoms with van der Waals surface area (Å²) in [7, 11) is 0. The molecule has 0 aliphatic carbocycles. The summed E-state index contributed by atoms with van der Waals surface area (Å²) in [5, 5.41) is 5.52. The lowest BCUT2D eigenvalue weighted by molar-refractivity contribution is -0.119. The summed E-state index contributed by atoms with van der Waals surface area (Å²) in [5.74, 6) is -1.72. The molecular weight excluding hydrogens is 262 g/mol. The second-order valence-corrected chi connectivity index (χ2v) is 4.27. The van der Waals surface area contributed by atoms with E-state index in [4.69, 9.17) is 0 Å². The number of hydrogen-bond donors (Lipinski definition) is 2. The van der Waals surface area contributed by atoms with E-state index in [1.165, 1.54) is 6.07 Å². The average molecular weight is 273 g/mol. The van der Waals surface area contributed by atoms with Crippen LogP contribution in [0, 0.1) is 11.6 Å². The molecular formula is C12H11ClF2N2O. The number of carbonyl (C=O) groups is 1. The van der Waals surface area contributed by atoms with Crippen molar-refractivity contribution in [3.05, 3.63) is 41.5 Å². The molecule has 0 bridgehead atoms. The number of carbonyl (C=O) groups excluding carboxylic acids is 1. The fourth-order valence-electron chi connectivity index (χ4n) is 2.41. The van der Waals surface area contributed by atoms with Crippen molar-refractivity contribution in [2.45, 2.75) is 5.41 Å². The number of benzene rings is 1. The molecule has 0 saturated heterocycles. The zero-order valence-electron chi connectivity index (χ0n) is 9.30. The minimum atomic E-state index is -0.976. The number of hydrogen-bond acceptors (Lipinski definition) is 2. The smallest absolute Gasteiger partial charge is 0.240 e. The van der Waals surface area contributed by atoms with Gasteiger partial charge in [0.2, 0.25) is 5.91 Å². The standard InChI is InChI=1S/C12H10F2N2O.ClH/c13-7-4-8-10(9(14)5-7)16-11(17)12(8)2-1-3-15-6-12;/h1-2,4-5,15H,3,6H2,(H,16,17);1H/t12-;/m1./s1. The first-order valence-corrected chi connectivity index (χ1v) is 5.33. The molecule has 1 aromatic carbocycles. The molecule has 2 heterocycles. The number of halogens is 3. The summed E-state index contributed by atoms with van der Waals surface area (Å²) in [6.07, 6.45) is 3.50. The van der Waals surface area contributed by atoms with E-state index in [1.54, 1.807) is 12.2 Å². The summed E-state index contributed by atoms with van der Waals surface area (Å²) < 4.78 is 26.8. The van der Waals surface area contributed by atoms with Crippen LogP contribution in [0.3, 0.4) is 0 Å². The third kappa shape index (κ3) is 1.62. The number of rotatable bonds is 0. The second kappa shape index (κ2) is 4.33. The molecule has 2 aliphatic rings. The molecule has 0 aromatic heterocycles. The van der Waals surface area contributed by atoms with Gasteiger partial charge in [-0.2, -0.15) is 0 Å². The molecule has 3 rings (SSSR count). The molecule has 1 aromatic rings. The summed E-state index contributed by atoms with van der Waals surface area (Å²) in [5.41, 5.74) is -0.524. The van der Waals surface area contributed by atoms with Crippen molar-refractivity contribution < 1.29 is 13.6 Å². The van der Waals surface area contributed by atoms with E-state index in [0.717, 1.165) is 6.07 Å². The number of anilines is 1. The monoisotopic (exact) mass is 272 g/mol. The molecule has 96 valence electrons. The van der Waals surface area contributed by atoms with Crippen molar-refractivity contribution >= 4 is 24.0 Å². The van der Waals surface area contributed by atoms with Gasteiger partial charge in [0.1, 0.15) is 17.0 Å². The maximum atomic E-state index is 13.6. The fraction of sp³-hybridized carbons (Fsp3) is 0.250. The van der Waals surface area contributed by atoms with Crippen LogP contribution in [0.2, 0.25) is 0 Å². The third-order valence-corrected chi connectivity index (χ3v) is 3.25. The molecule has 2 aliphatic heterocycles. The van der Waals surface area contributed by atoms with Crippen LogP contribution in [0.4, 0.5) is 14.5 Å². The Kier molecular flexibility index (Phi) is 3.12. The van der Waals surface area contributed by atoms with Crippen LogP contribution < -0.4 is 10.6 Å². The van der Waals surface area contributed by atoms with Gasteiger partial charge in [0.25, 0.3) is 0 Å². The average Bonchev–Trinajstić information content (AvgIpc) is 2.56. The molecule has 1 amide bonds. The number of nitrogens with one attached hydrogen (secondary N) is 2. The van der Waals surface area contributed by atoms with Crippen molar-refractivity contribution in [3.63, 3.8) is 0 Å². The Morgan fingerprint density at radius 1 is 1.28 bits per heavy atom. The molecule has 0 saturated carbocycles. The predicted molar refractivity (Wildman–Crippen MR) is 65.9 cm³/mol. The summed E-state index contributed by atoms with van der Waals surface area (Å²) in [6, 6.07) is 1.99. The van der Waals surface area contributed by atoms with Crippen molar-refractivity contribution in [3.8, 4) is 0 Å². The van der Waals surface area contributed by atoms with Gasteiger partial charge in [0.05, 0.1) is 5.69 Å². The Balaban J connectivity index is 0.00000120. The first-order valence-electron chi connectivity index (χ1n) is 5.33. The highest BCUT2D eigenvalue weighted by molar-refractivity contribution is 6.08. The fourth-order valence-corrected chi connectivity index (χ4v) is 2.41. The Morgan fingerprint density at radius 2 is 2.06 bits per heavy atom. The quantitative estimate of drug-likeness (QED) is 0.707. The lowest BCUT2D eigenvalue weighted by atomic mass is 9.79. The summed E-state index contributed by atoms with van der Waals surface area (Å²) >= 11 is 0. The van der Waals surface area contributed by atoms with E-state index >= 15 is 0 Å². The molecule has 0 fully saturated rings. The predicted octanol–water partition coefficient (Wildman–Crippen LogP) is 1.74. The van der Waals surface area contributed by atoms with Gasteiger partial charge in [-0.15, -0.1) is 12.4 Å². The Bertz CT molecular complexity index is 547. The van der Waals surface area contributed by atoms with Gasteiger partial charge in [0.15, 0.2) is 0 Å². The van der Waals surface area contributed by atoms with E-state index in [1.807, 2.05) is 0 Å². The minimum absolute atomic E-state index is 0. The van der Waals surface area contributed by atoms with Crippen LogP contribution in [0.25, 0.3) is 0 Å². The Hall–Kier alpha value is -1.46. The van der Waals surface area contributed by atoms with Gasteiger partial charge in [-0.1, -0.05) is 12.2 Å². The zero-order valence-corrected chi connectivity index (χ0v) is 10.1. The first kappa shape index (κ1) is 13.0. The third-order valence-electron chi connectivity index (χ3n) is 3.25. The molecule has 3 nitrogen and oxygen atoms in total. The van der Waals surface area contributed by atoms with E-state index in [0.29, 0.717) is 18.7 Å². The highest BCUT2D eigenvalue weighted by atomic mass is 35.5. The van der Waals surface area contributed by atoms with Crippen LogP contribution in [-0.4, -0.2) is 19.0 Å². The molecule has 0 unspecified atom stereocenters. The molecule has 18 heavy (non-hydrogen) atoms. The normalized spacial score (nSPS) is 24.7. The largest absolute Gasteiger partial charge is 0.322 e. The van der Waals surface area contributed by atoms with E-state index < -0.39 is 17.0 Å². The number of fused-ring (bicyclic) bond motifs is 2. The van der Waals surface area contributed by atoms with E-state index in [2.05, 4.69) is 10.6 Å². The molecule has 2 N–H and O–H groups in total. The van der Waals surface area contributed by atoms with Crippen LogP contribution in [0.5, 0.6) is 0 Å². The Labute approximate surface area is 109 Å². The topological polar surface area (TPSA) is 41.1 Å². The highest BCUT2D eigenvalue weighted by Crippen LogP contribution is 2.41. The summed E-state index contributed by atoms with van der Waals surface area (Å²) in [6.45, 7) is 1.01. The maximum Gasteiger partial charge on any atom is 0.240 e. The molecule has 6 heteroatoms. The van der Waals surface area contributed by atoms with Crippen molar-refractivity contribution in [2.24, 2.45) is 0 Å².